The van der Waals surface area contributed by atoms with Crippen LogP contribution in [0, 0.1) is 0 Å². The molecule has 5 heteroatoms. The maximum atomic E-state index is 10.6. The highest BCUT2D eigenvalue weighted by atomic mass is 16.4. The molecule has 0 amide bonds. The zero-order valence-corrected chi connectivity index (χ0v) is 8.06. The largest absolute Gasteiger partial charge is 0.479 e. The first kappa shape index (κ1) is 12.6. The van der Waals surface area contributed by atoms with E-state index in [2.05, 4.69) is 0 Å². The third kappa shape index (κ3) is 3.18. The molecule has 0 aromatic rings. The van der Waals surface area contributed by atoms with Gasteiger partial charge in [0.25, 0.3) is 0 Å². The van der Waals surface area contributed by atoms with Crippen LogP contribution in [-0.4, -0.2) is 27.7 Å². The Morgan fingerprint density at radius 2 is 1.86 bits per heavy atom. The van der Waals surface area contributed by atoms with Crippen molar-refractivity contribution in [3.63, 3.8) is 0 Å². The monoisotopic (exact) mass is 201 g/mol. The van der Waals surface area contributed by atoms with Crippen molar-refractivity contribution in [1.29, 1.82) is 0 Å². The minimum Gasteiger partial charge on any atom is -0.479 e. The molecule has 0 spiro atoms. The molecule has 0 heterocycles. The summed E-state index contributed by atoms with van der Waals surface area (Å²) in [5, 5.41) is 17.3. The van der Waals surface area contributed by atoms with E-state index in [1.54, 1.807) is 0 Å². The van der Waals surface area contributed by atoms with E-state index in [1.807, 2.05) is 19.1 Å². The van der Waals surface area contributed by atoms with Crippen LogP contribution < -0.4 is 5.73 Å². The highest BCUT2D eigenvalue weighted by Crippen LogP contribution is 2.12. The van der Waals surface area contributed by atoms with Gasteiger partial charge in [-0.1, -0.05) is 12.2 Å². The lowest BCUT2D eigenvalue weighted by atomic mass is 9.94. The smallest absolute Gasteiger partial charge is 0.335 e. The number of carboxylic acids is 2. The standard InChI is InChI=1S/C9H15NO4/c1-2-3-4-5-6-9(10,7(11)12)8(13)14/h2-3H,4-6,10H2,1H3,(H,11,12)(H,13,14). The first-order chi connectivity index (χ1) is 6.45. The number of nitrogens with two attached hydrogens (primary N) is 1. The fraction of sp³-hybridized carbons (Fsp3) is 0.556. The van der Waals surface area contributed by atoms with Gasteiger partial charge in [-0.3, -0.25) is 0 Å². The van der Waals surface area contributed by atoms with Crippen molar-refractivity contribution in [2.45, 2.75) is 31.7 Å². The van der Waals surface area contributed by atoms with Gasteiger partial charge in [-0.05, 0) is 26.2 Å². The normalized spacial score (nSPS) is 11.9. The van der Waals surface area contributed by atoms with Crippen molar-refractivity contribution in [2.75, 3.05) is 0 Å². The number of hydrogen-bond donors (Lipinski definition) is 3. The van der Waals surface area contributed by atoms with E-state index < -0.39 is 17.5 Å². The molecule has 14 heavy (non-hydrogen) atoms. The van der Waals surface area contributed by atoms with Crippen LogP contribution in [0.25, 0.3) is 0 Å². The van der Waals surface area contributed by atoms with Crippen LogP contribution in [0.3, 0.4) is 0 Å². The van der Waals surface area contributed by atoms with Crippen LogP contribution in [0.5, 0.6) is 0 Å². The van der Waals surface area contributed by atoms with Crippen LogP contribution in [0.15, 0.2) is 12.2 Å². The van der Waals surface area contributed by atoms with Crippen LogP contribution in [0.2, 0.25) is 0 Å². The van der Waals surface area contributed by atoms with Gasteiger partial charge in [-0.15, -0.1) is 0 Å². The second kappa shape index (κ2) is 5.39. The number of unbranched alkanes of at least 4 members (excludes halogenated alkanes) is 1. The Labute approximate surface area is 82.2 Å². The molecule has 0 saturated carbocycles. The molecule has 0 bridgehead atoms. The van der Waals surface area contributed by atoms with E-state index in [0.717, 1.165) is 0 Å². The maximum Gasteiger partial charge on any atom is 0.335 e. The fourth-order valence-corrected chi connectivity index (χ4v) is 0.971. The number of carbonyl (C=O) groups is 2. The molecule has 0 aliphatic rings. The molecular weight excluding hydrogens is 186 g/mol. The molecule has 0 aromatic heterocycles. The van der Waals surface area contributed by atoms with Gasteiger partial charge in [0, 0.05) is 0 Å². The topological polar surface area (TPSA) is 101 Å². The van der Waals surface area contributed by atoms with Crippen LogP contribution >= 0.6 is 0 Å². The molecule has 0 radical (unpaired) electrons. The Kier molecular flexibility index (Phi) is 4.86. The molecule has 0 aliphatic heterocycles. The Morgan fingerprint density at radius 3 is 2.21 bits per heavy atom. The highest BCUT2D eigenvalue weighted by Gasteiger charge is 2.41. The van der Waals surface area contributed by atoms with Crippen LogP contribution in [0.4, 0.5) is 0 Å². The molecule has 0 unspecified atom stereocenters. The second-order valence-corrected chi connectivity index (χ2v) is 3.04. The minimum absolute atomic E-state index is 0.0675. The lowest BCUT2D eigenvalue weighted by molar-refractivity contribution is -0.157. The van der Waals surface area contributed by atoms with Gasteiger partial charge in [-0.25, -0.2) is 9.59 Å². The average Bonchev–Trinajstić information content (AvgIpc) is 2.11. The first-order valence-corrected chi connectivity index (χ1v) is 4.32. The van der Waals surface area contributed by atoms with Gasteiger partial charge in [0.05, 0.1) is 0 Å². The average molecular weight is 201 g/mol. The molecular formula is C9H15NO4. The summed E-state index contributed by atoms with van der Waals surface area (Å²) < 4.78 is 0. The third-order valence-electron chi connectivity index (χ3n) is 1.94. The van der Waals surface area contributed by atoms with E-state index in [0.29, 0.717) is 12.8 Å². The molecule has 0 saturated heterocycles. The Balaban J connectivity index is 4.25. The molecule has 4 N–H and O–H groups in total. The van der Waals surface area contributed by atoms with Crippen molar-refractivity contribution in [3.05, 3.63) is 12.2 Å². The lowest BCUT2D eigenvalue weighted by Gasteiger charge is -2.18. The molecule has 5 nitrogen and oxygen atoms in total. The van der Waals surface area contributed by atoms with Gasteiger partial charge < -0.3 is 15.9 Å². The summed E-state index contributed by atoms with van der Waals surface area (Å²) in [5.74, 6) is -2.99. The van der Waals surface area contributed by atoms with Crippen molar-refractivity contribution < 1.29 is 19.8 Å². The maximum absolute atomic E-state index is 10.6. The van der Waals surface area contributed by atoms with Gasteiger partial charge >= 0.3 is 11.9 Å². The Hall–Kier alpha value is -1.36. The first-order valence-electron chi connectivity index (χ1n) is 4.32. The highest BCUT2D eigenvalue weighted by molar-refractivity contribution is 6.02. The summed E-state index contributed by atoms with van der Waals surface area (Å²) in [6, 6.07) is 0. The molecule has 0 fully saturated rings. The third-order valence-corrected chi connectivity index (χ3v) is 1.94. The number of rotatable bonds is 6. The summed E-state index contributed by atoms with van der Waals surface area (Å²) in [4.78, 5) is 21.2. The number of hydrogen-bond acceptors (Lipinski definition) is 3. The van der Waals surface area contributed by atoms with E-state index >= 15 is 0 Å². The summed E-state index contributed by atoms with van der Waals surface area (Å²) >= 11 is 0. The Bertz CT molecular complexity index is 233. The van der Waals surface area contributed by atoms with E-state index in [9.17, 15) is 9.59 Å². The van der Waals surface area contributed by atoms with Gasteiger partial charge in [0.1, 0.15) is 0 Å². The SMILES string of the molecule is CC=CCCCC(N)(C(=O)O)C(=O)O. The summed E-state index contributed by atoms with van der Waals surface area (Å²) in [6.45, 7) is 1.84. The summed E-state index contributed by atoms with van der Waals surface area (Å²) in [7, 11) is 0. The van der Waals surface area contributed by atoms with Crippen LogP contribution in [-0.2, 0) is 9.59 Å². The molecule has 0 rings (SSSR count). The van der Waals surface area contributed by atoms with Crippen LogP contribution in [0.1, 0.15) is 26.2 Å². The van der Waals surface area contributed by atoms with Crippen molar-refractivity contribution in [3.8, 4) is 0 Å². The van der Waals surface area contributed by atoms with Gasteiger partial charge in [0.15, 0.2) is 0 Å². The van der Waals surface area contributed by atoms with Gasteiger partial charge in [0.2, 0.25) is 5.54 Å². The quantitative estimate of drug-likeness (QED) is 0.332. The number of aliphatic carboxylic acids is 2. The zero-order valence-electron chi connectivity index (χ0n) is 8.06. The van der Waals surface area contributed by atoms with E-state index in [-0.39, 0.29) is 6.42 Å². The molecule has 0 aromatic carbocycles. The number of allylic oxidation sites excluding steroid dienone is 2. The zero-order chi connectivity index (χ0) is 11.2. The minimum atomic E-state index is -2.15. The Morgan fingerprint density at radius 1 is 1.36 bits per heavy atom. The van der Waals surface area contributed by atoms with Crippen molar-refractivity contribution >= 4 is 11.9 Å². The predicted octanol–water partition coefficient (Wildman–Crippen LogP) is 0.599. The predicted molar refractivity (Wildman–Crippen MR) is 50.9 cm³/mol. The lowest BCUT2D eigenvalue weighted by Crippen LogP contribution is -2.54. The molecule has 0 atom stereocenters. The summed E-state index contributed by atoms with van der Waals surface area (Å²) in [5.41, 5.74) is 3.09. The molecule has 0 aliphatic carbocycles. The fourth-order valence-electron chi connectivity index (χ4n) is 0.971. The second-order valence-electron chi connectivity index (χ2n) is 3.04. The van der Waals surface area contributed by atoms with E-state index in [1.165, 1.54) is 0 Å². The van der Waals surface area contributed by atoms with Gasteiger partial charge in [-0.2, -0.15) is 0 Å². The summed E-state index contributed by atoms with van der Waals surface area (Å²) in [6.07, 6.45) is 4.67. The van der Waals surface area contributed by atoms with E-state index in [4.69, 9.17) is 15.9 Å². The molecule has 80 valence electrons. The van der Waals surface area contributed by atoms with Crippen molar-refractivity contribution in [1.82, 2.24) is 0 Å². The number of carboxylic acid groups (broad SMARTS) is 2. The van der Waals surface area contributed by atoms with Crippen molar-refractivity contribution in [2.24, 2.45) is 5.73 Å².